The molecular weight excluding hydrogens is 168 g/mol. The Bertz CT molecular complexity index is 461. The van der Waals surface area contributed by atoms with Crippen molar-refractivity contribution in [1.29, 1.82) is 0 Å². The van der Waals surface area contributed by atoms with E-state index in [-0.39, 0.29) is 0 Å². The molecule has 0 aromatic heterocycles. The molecule has 2 aliphatic rings. The van der Waals surface area contributed by atoms with E-state index in [1.807, 2.05) is 0 Å². The number of allylic oxidation sites excluding steroid dienone is 2. The van der Waals surface area contributed by atoms with Crippen molar-refractivity contribution in [3.05, 3.63) is 46.5 Å². The van der Waals surface area contributed by atoms with E-state index in [1.165, 1.54) is 41.5 Å². The summed E-state index contributed by atoms with van der Waals surface area (Å²) in [7, 11) is 0. The maximum atomic E-state index is 4.03. The molecule has 2 aliphatic carbocycles. The highest BCUT2D eigenvalue weighted by molar-refractivity contribution is 6.03. The van der Waals surface area contributed by atoms with E-state index in [4.69, 9.17) is 0 Å². The fraction of sp³-hybridized carbons (Fsp3) is 0.286. The van der Waals surface area contributed by atoms with E-state index in [1.54, 1.807) is 11.1 Å². The summed E-state index contributed by atoms with van der Waals surface area (Å²) in [6, 6.07) is 4.55. The molecule has 0 spiro atoms. The zero-order chi connectivity index (χ0) is 9.71. The summed E-state index contributed by atoms with van der Waals surface area (Å²) in [6.07, 6.45) is 6.13. The summed E-state index contributed by atoms with van der Waals surface area (Å²) < 4.78 is 0. The molecule has 0 bridgehead atoms. The number of hydrogen-bond donors (Lipinski definition) is 0. The van der Waals surface area contributed by atoms with Crippen LogP contribution in [0.5, 0.6) is 0 Å². The van der Waals surface area contributed by atoms with Crippen LogP contribution in [0.1, 0.15) is 35.6 Å². The molecule has 0 N–H and O–H groups in total. The van der Waals surface area contributed by atoms with Crippen LogP contribution < -0.4 is 0 Å². The molecule has 0 amide bonds. The van der Waals surface area contributed by atoms with Gasteiger partial charge in [-0.3, -0.25) is 0 Å². The zero-order valence-electron chi connectivity index (χ0n) is 8.56. The van der Waals surface area contributed by atoms with Gasteiger partial charge in [0.15, 0.2) is 0 Å². The summed E-state index contributed by atoms with van der Waals surface area (Å²) in [6.45, 7) is 6.13. The summed E-state index contributed by atoms with van der Waals surface area (Å²) in [5.41, 5.74) is 8.69. The molecule has 14 heavy (non-hydrogen) atoms. The van der Waals surface area contributed by atoms with Gasteiger partial charge >= 0.3 is 0 Å². The Labute approximate surface area is 85.0 Å². The third-order valence-corrected chi connectivity index (χ3v) is 3.34. The predicted octanol–water partition coefficient (Wildman–Crippen LogP) is 3.61. The second-order valence-electron chi connectivity index (χ2n) is 4.36. The Morgan fingerprint density at radius 1 is 1.29 bits per heavy atom. The number of fused-ring (bicyclic) bond motifs is 3. The normalized spacial score (nSPS) is 16.8. The molecule has 0 aliphatic heterocycles. The van der Waals surface area contributed by atoms with E-state index in [0.29, 0.717) is 0 Å². The van der Waals surface area contributed by atoms with Crippen molar-refractivity contribution in [2.45, 2.75) is 26.2 Å². The van der Waals surface area contributed by atoms with Crippen LogP contribution >= 0.6 is 0 Å². The Hall–Kier alpha value is -1.30. The first kappa shape index (κ1) is 8.05. The molecule has 1 aromatic rings. The van der Waals surface area contributed by atoms with E-state index >= 15 is 0 Å². The Balaban J connectivity index is 2.18. The standard InChI is InChI=1S/C14H14/c1-9(2)13-8-11-7-6-10-4-3-5-12(10)14(11)13/h6-8H,1,3-5H2,2H3. The zero-order valence-corrected chi connectivity index (χ0v) is 8.56. The van der Waals surface area contributed by atoms with Gasteiger partial charge in [-0.25, -0.2) is 0 Å². The molecule has 0 saturated heterocycles. The molecule has 0 radical (unpaired) electrons. The second-order valence-corrected chi connectivity index (χ2v) is 4.36. The molecule has 1 aromatic carbocycles. The first-order valence-electron chi connectivity index (χ1n) is 5.30. The van der Waals surface area contributed by atoms with Crippen molar-refractivity contribution < 1.29 is 0 Å². The minimum atomic E-state index is 1.21. The Kier molecular flexibility index (Phi) is 1.49. The lowest BCUT2D eigenvalue weighted by atomic mass is 9.80. The maximum Gasteiger partial charge on any atom is -0.00737 e. The van der Waals surface area contributed by atoms with Gasteiger partial charge in [-0.1, -0.05) is 24.3 Å². The van der Waals surface area contributed by atoms with E-state index < -0.39 is 0 Å². The first-order valence-corrected chi connectivity index (χ1v) is 5.30. The lowest BCUT2D eigenvalue weighted by molar-refractivity contribution is 0.910. The lowest BCUT2D eigenvalue weighted by Crippen LogP contribution is -2.04. The van der Waals surface area contributed by atoms with Crippen LogP contribution in [0, 0.1) is 0 Å². The molecule has 0 fully saturated rings. The molecule has 0 heterocycles. The van der Waals surface area contributed by atoms with Gasteiger partial charge in [-0.15, -0.1) is 0 Å². The third kappa shape index (κ3) is 0.886. The predicted molar refractivity (Wildman–Crippen MR) is 61.2 cm³/mol. The fourth-order valence-electron chi connectivity index (χ4n) is 2.61. The van der Waals surface area contributed by atoms with E-state index in [0.717, 1.165) is 0 Å². The van der Waals surface area contributed by atoms with Crippen LogP contribution in [-0.2, 0) is 12.8 Å². The highest BCUT2D eigenvalue weighted by atomic mass is 14.3. The van der Waals surface area contributed by atoms with Gasteiger partial charge in [0.25, 0.3) is 0 Å². The van der Waals surface area contributed by atoms with Gasteiger partial charge < -0.3 is 0 Å². The van der Waals surface area contributed by atoms with Gasteiger partial charge in [0, 0.05) is 0 Å². The maximum absolute atomic E-state index is 4.03. The summed E-state index contributed by atoms with van der Waals surface area (Å²) in [5.74, 6) is 0. The van der Waals surface area contributed by atoms with Gasteiger partial charge in [-0.05, 0) is 60.1 Å². The monoisotopic (exact) mass is 182 g/mol. The van der Waals surface area contributed by atoms with Crippen LogP contribution in [-0.4, -0.2) is 0 Å². The highest BCUT2D eigenvalue weighted by Crippen LogP contribution is 2.42. The molecular formula is C14H14. The summed E-state index contributed by atoms with van der Waals surface area (Å²) in [5, 5.41) is 0. The quantitative estimate of drug-likeness (QED) is 0.622. The molecule has 0 saturated carbocycles. The van der Waals surface area contributed by atoms with Crippen LogP contribution in [0.25, 0.3) is 11.6 Å². The molecule has 0 unspecified atom stereocenters. The van der Waals surface area contributed by atoms with Gasteiger partial charge in [0.05, 0.1) is 0 Å². The number of hydrogen-bond acceptors (Lipinski definition) is 0. The smallest absolute Gasteiger partial charge is 0.00737 e. The largest absolute Gasteiger partial charge is 0.0955 e. The Morgan fingerprint density at radius 3 is 2.93 bits per heavy atom. The Morgan fingerprint density at radius 2 is 2.14 bits per heavy atom. The molecule has 3 rings (SSSR count). The van der Waals surface area contributed by atoms with Crippen molar-refractivity contribution in [2.75, 3.05) is 0 Å². The van der Waals surface area contributed by atoms with Crippen molar-refractivity contribution in [3.8, 4) is 0 Å². The van der Waals surface area contributed by atoms with Crippen LogP contribution in [0.2, 0.25) is 0 Å². The lowest BCUT2D eigenvalue weighted by Gasteiger charge is -2.24. The number of aryl methyl sites for hydroxylation is 1. The van der Waals surface area contributed by atoms with Gasteiger partial charge in [0.1, 0.15) is 0 Å². The second kappa shape index (κ2) is 2.60. The van der Waals surface area contributed by atoms with Gasteiger partial charge in [-0.2, -0.15) is 0 Å². The van der Waals surface area contributed by atoms with Crippen molar-refractivity contribution >= 4 is 11.6 Å². The van der Waals surface area contributed by atoms with Crippen LogP contribution in [0.15, 0.2) is 24.3 Å². The average Bonchev–Trinajstić information content (AvgIpc) is 2.50. The molecule has 0 heteroatoms. The van der Waals surface area contributed by atoms with Crippen molar-refractivity contribution in [3.63, 3.8) is 0 Å². The topological polar surface area (TPSA) is 0 Å². The van der Waals surface area contributed by atoms with Crippen molar-refractivity contribution in [2.24, 2.45) is 0 Å². The number of rotatable bonds is 1. The first-order chi connectivity index (χ1) is 6.77. The fourth-order valence-corrected chi connectivity index (χ4v) is 2.61. The SMILES string of the molecule is C=C(C)C1=Cc2ccc3c(c21)CCC3. The van der Waals surface area contributed by atoms with Crippen LogP contribution in [0.4, 0.5) is 0 Å². The number of benzene rings is 1. The van der Waals surface area contributed by atoms with Crippen molar-refractivity contribution in [1.82, 2.24) is 0 Å². The minimum absolute atomic E-state index is 1.21. The average molecular weight is 182 g/mol. The minimum Gasteiger partial charge on any atom is -0.0955 e. The van der Waals surface area contributed by atoms with Gasteiger partial charge in [0.2, 0.25) is 0 Å². The molecule has 0 atom stereocenters. The summed E-state index contributed by atoms with van der Waals surface area (Å²) >= 11 is 0. The highest BCUT2D eigenvalue weighted by Gasteiger charge is 2.24. The summed E-state index contributed by atoms with van der Waals surface area (Å²) in [4.78, 5) is 0. The third-order valence-electron chi connectivity index (χ3n) is 3.34. The molecule has 0 nitrogen and oxygen atoms in total. The van der Waals surface area contributed by atoms with E-state index in [9.17, 15) is 0 Å². The molecule has 70 valence electrons. The van der Waals surface area contributed by atoms with E-state index in [2.05, 4.69) is 31.7 Å². The van der Waals surface area contributed by atoms with Crippen LogP contribution in [0.3, 0.4) is 0 Å².